The van der Waals surface area contributed by atoms with Crippen LogP contribution in [-0.2, 0) is 10.0 Å². The minimum absolute atomic E-state index is 0.00384. The number of hydrogen-bond donors (Lipinski definition) is 1. The molecule has 6 nitrogen and oxygen atoms in total. The lowest BCUT2D eigenvalue weighted by Gasteiger charge is -2.30. The largest absolute Gasteiger partial charge is 0.349 e. The van der Waals surface area contributed by atoms with Crippen molar-refractivity contribution in [3.8, 4) is 0 Å². The number of aromatic nitrogens is 1. The van der Waals surface area contributed by atoms with Crippen molar-refractivity contribution >= 4 is 31.9 Å². The topological polar surface area (TPSA) is 79.4 Å². The Morgan fingerprint density at radius 2 is 2.05 bits per heavy atom. The van der Waals surface area contributed by atoms with Gasteiger partial charge in [-0.05, 0) is 40.9 Å². The molecule has 110 valence electrons. The number of piperidine rings is 1. The number of nitrogens with one attached hydrogen (secondary N) is 1. The summed E-state index contributed by atoms with van der Waals surface area (Å²) in [5.41, 5.74) is 0.499. The Morgan fingerprint density at radius 1 is 1.40 bits per heavy atom. The van der Waals surface area contributed by atoms with Gasteiger partial charge in [-0.25, -0.2) is 17.7 Å². The number of nitrogens with zero attached hydrogens (tertiary/aromatic N) is 2. The first-order chi connectivity index (χ1) is 9.36. The molecule has 8 heteroatoms. The molecule has 1 aliphatic heterocycles. The van der Waals surface area contributed by atoms with E-state index in [2.05, 4.69) is 26.2 Å². The fraction of sp³-hybridized carbons (Fsp3) is 0.500. The minimum Gasteiger partial charge on any atom is -0.349 e. The number of amides is 1. The molecule has 1 N–H and O–H groups in total. The summed E-state index contributed by atoms with van der Waals surface area (Å²) < 4.78 is 24.9. The summed E-state index contributed by atoms with van der Waals surface area (Å²) in [4.78, 5) is 16.0. The lowest BCUT2D eigenvalue weighted by molar-refractivity contribution is 0.0923. The number of hydrogen-bond acceptors (Lipinski definition) is 4. The van der Waals surface area contributed by atoms with Crippen LogP contribution in [0, 0.1) is 0 Å². The number of sulfonamides is 1. The molecule has 2 rings (SSSR count). The summed E-state index contributed by atoms with van der Waals surface area (Å²) in [6.07, 6.45) is 3.97. The quantitative estimate of drug-likeness (QED) is 0.814. The summed E-state index contributed by atoms with van der Waals surface area (Å²) in [5.74, 6) is -0.178. The molecule has 0 bridgehead atoms. The first kappa shape index (κ1) is 15.4. The first-order valence-corrected chi connectivity index (χ1v) is 8.88. The van der Waals surface area contributed by atoms with E-state index in [9.17, 15) is 13.2 Å². The van der Waals surface area contributed by atoms with Crippen molar-refractivity contribution in [2.24, 2.45) is 0 Å². The van der Waals surface area contributed by atoms with E-state index in [0.29, 0.717) is 36.1 Å². The lowest BCUT2D eigenvalue weighted by Crippen LogP contribution is -2.46. The Kier molecular flexibility index (Phi) is 4.77. The third-order valence-electron chi connectivity index (χ3n) is 3.25. The van der Waals surface area contributed by atoms with Crippen LogP contribution in [0.4, 0.5) is 0 Å². The van der Waals surface area contributed by atoms with Crippen LogP contribution in [0.5, 0.6) is 0 Å². The molecule has 20 heavy (non-hydrogen) atoms. The van der Waals surface area contributed by atoms with Crippen molar-refractivity contribution in [1.29, 1.82) is 0 Å². The molecule has 0 saturated carbocycles. The van der Waals surface area contributed by atoms with E-state index in [-0.39, 0.29) is 11.9 Å². The maximum absolute atomic E-state index is 12.0. The summed E-state index contributed by atoms with van der Waals surface area (Å²) in [6, 6.07) is 3.41. The molecule has 0 unspecified atom stereocenters. The van der Waals surface area contributed by atoms with Gasteiger partial charge in [0.15, 0.2) is 0 Å². The van der Waals surface area contributed by atoms with Crippen molar-refractivity contribution in [2.45, 2.75) is 18.9 Å². The number of rotatable bonds is 3. The van der Waals surface area contributed by atoms with Crippen LogP contribution in [-0.4, -0.2) is 49.0 Å². The van der Waals surface area contributed by atoms with E-state index < -0.39 is 10.0 Å². The average molecular weight is 362 g/mol. The second-order valence-corrected chi connectivity index (χ2v) is 7.57. The second kappa shape index (κ2) is 6.19. The van der Waals surface area contributed by atoms with E-state index in [4.69, 9.17) is 0 Å². The van der Waals surface area contributed by atoms with E-state index in [1.165, 1.54) is 16.8 Å². The number of pyridine rings is 1. The molecule has 1 saturated heterocycles. The number of carbonyl (C=O) groups excluding carboxylic acids is 1. The molecule has 0 radical (unpaired) electrons. The Morgan fingerprint density at radius 3 is 2.55 bits per heavy atom. The van der Waals surface area contributed by atoms with Crippen molar-refractivity contribution in [1.82, 2.24) is 14.6 Å². The molecule has 1 amide bonds. The lowest BCUT2D eigenvalue weighted by atomic mass is 10.1. The summed E-state index contributed by atoms with van der Waals surface area (Å²) in [6.45, 7) is 0.894. The van der Waals surface area contributed by atoms with Crippen LogP contribution in [0.1, 0.15) is 23.2 Å². The maximum Gasteiger partial charge on any atom is 0.253 e. The average Bonchev–Trinajstić information content (AvgIpc) is 2.39. The Hall–Kier alpha value is -0.990. The van der Waals surface area contributed by atoms with Crippen molar-refractivity contribution in [3.63, 3.8) is 0 Å². The highest BCUT2D eigenvalue weighted by Gasteiger charge is 2.25. The van der Waals surface area contributed by atoms with Gasteiger partial charge in [-0.3, -0.25) is 4.79 Å². The predicted octanol–water partition coefficient (Wildman–Crippen LogP) is 0.998. The first-order valence-electron chi connectivity index (χ1n) is 6.24. The van der Waals surface area contributed by atoms with Crippen LogP contribution < -0.4 is 5.32 Å². The highest BCUT2D eigenvalue weighted by Crippen LogP contribution is 2.14. The Bertz CT molecular complexity index is 580. The Balaban J connectivity index is 1.89. The van der Waals surface area contributed by atoms with Crippen molar-refractivity contribution in [3.05, 3.63) is 28.5 Å². The van der Waals surface area contributed by atoms with Gasteiger partial charge in [0.2, 0.25) is 10.0 Å². The van der Waals surface area contributed by atoms with Crippen LogP contribution in [0.3, 0.4) is 0 Å². The van der Waals surface area contributed by atoms with E-state index >= 15 is 0 Å². The summed E-state index contributed by atoms with van der Waals surface area (Å²) in [5, 5.41) is 2.91. The SMILES string of the molecule is CS(=O)(=O)N1CCC(NC(=O)c2ccc(Br)nc2)CC1. The number of halogens is 1. The second-order valence-electron chi connectivity index (χ2n) is 4.78. The summed E-state index contributed by atoms with van der Waals surface area (Å²) in [7, 11) is -3.13. The van der Waals surface area contributed by atoms with Crippen molar-refractivity contribution in [2.75, 3.05) is 19.3 Å². The molecule has 1 aromatic rings. The molecule has 1 aliphatic rings. The van der Waals surface area contributed by atoms with Crippen LogP contribution in [0.25, 0.3) is 0 Å². The zero-order chi connectivity index (χ0) is 14.8. The van der Waals surface area contributed by atoms with E-state index in [1.807, 2.05) is 0 Å². The van der Waals surface area contributed by atoms with E-state index in [1.54, 1.807) is 12.1 Å². The Labute approximate surface area is 126 Å². The van der Waals surface area contributed by atoms with Gasteiger partial charge in [0, 0.05) is 25.3 Å². The maximum atomic E-state index is 12.0. The molecular weight excluding hydrogens is 346 g/mol. The smallest absolute Gasteiger partial charge is 0.253 e. The summed E-state index contributed by atoms with van der Waals surface area (Å²) >= 11 is 3.21. The monoisotopic (exact) mass is 361 g/mol. The van der Waals surface area contributed by atoms with Gasteiger partial charge < -0.3 is 5.32 Å². The van der Waals surface area contributed by atoms with Crippen LogP contribution >= 0.6 is 15.9 Å². The highest BCUT2D eigenvalue weighted by molar-refractivity contribution is 9.10. The predicted molar refractivity (Wildman–Crippen MR) is 78.8 cm³/mol. The molecule has 0 spiro atoms. The molecule has 1 fully saturated rings. The molecule has 1 aromatic heterocycles. The molecule has 2 heterocycles. The van der Waals surface area contributed by atoms with Gasteiger partial charge in [0.05, 0.1) is 11.8 Å². The van der Waals surface area contributed by atoms with E-state index in [0.717, 1.165) is 0 Å². The van der Waals surface area contributed by atoms with Gasteiger partial charge in [-0.2, -0.15) is 0 Å². The van der Waals surface area contributed by atoms with Gasteiger partial charge in [-0.15, -0.1) is 0 Å². The third kappa shape index (κ3) is 4.00. The van der Waals surface area contributed by atoms with Gasteiger partial charge in [-0.1, -0.05) is 0 Å². The minimum atomic E-state index is -3.13. The fourth-order valence-electron chi connectivity index (χ4n) is 2.11. The van der Waals surface area contributed by atoms with Gasteiger partial charge in [0.1, 0.15) is 4.60 Å². The standard InChI is InChI=1S/C12H16BrN3O3S/c1-20(18,19)16-6-4-10(5-7-16)15-12(17)9-2-3-11(13)14-8-9/h2-3,8,10H,4-7H2,1H3,(H,15,17). The fourth-order valence-corrected chi connectivity index (χ4v) is 3.22. The van der Waals surface area contributed by atoms with Gasteiger partial charge >= 0.3 is 0 Å². The van der Waals surface area contributed by atoms with Crippen LogP contribution in [0.15, 0.2) is 22.9 Å². The highest BCUT2D eigenvalue weighted by atomic mass is 79.9. The van der Waals surface area contributed by atoms with Gasteiger partial charge in [0.25, 0.3) is 5.91 Å². The number of carbonyl (C=O) groups is 1. The molecule has 0 aromatic carbocycles. The zero-order valence-corrected chi connectivity index (χ0v) is 13.4. The van der Waals surface area contributed by atoms with Crippen LogP contribution in [0.2, 0.25) is 0 Å². The molecular formula is C12H16BrN3O3S. The zero-order valence-electron chi connectivity index (χ0n) is 11.0. The van der Waals surface area contributed by atoms with Crippen molar-refractivity contribution < 1.29 is 13.2 Å². The third-order valence-corrected chi connectivity index (χ3v) is 5.02. The molecule has 0 aliphatic carbocycles. The molecule has 0 atom stereocenters. The normalized spacial score (nSPS) is 17.9.